The van der Waals surface area contributed by atoms with Crippen molar-refractivity contribution in [3.8, 4) is 0 Å². The van der Waals surface area contributed by atoms with Crippen molar-refractivity contribution in [2.24, 2.45) is 4.40 Å². The number of hydrogen-bond acceptors (Lipinski definition) is 2. The number of hydrogen-bond donors (Lipinski definition) is 0. The van der Waals surface area contributed by atoms with Gasteiger partial charge in [0.2, 0.25) is 0 Å². The molecule has 0 fully saturated rings. The molecule has 88 valence electrons. The number of alkyl halides is 1. The second-order valence-corrected chi connectivity index (χ2v) is 5.95. The van der Waals surface area contributed by atoms with Crippen LogP contribution in [0.5, 0.6) is 0 Å². The maximum atomic E-state index is 13.4. The predicted molar refractivity (Wildman–Crippen MR) is 66.3 cm³/mol. The molecule has 0 unspecified atom stereocenters. The van der Waals surface area contributed by atoms with Gasteiger partial charge in [0, 0.05) is 10.3 Å². The number of nitrogens with zero attached hydrogens (tertiary/aromatic N) is 1. The van der Waals surface area contributed by atoms with E-state index < -0.39 is 12.5 Å². The molecule has 0 saturated heterocycles. The molecule has 0 aliphatic rings. The van der Waals surface area contributed by atoms with Gasteiger partial charge in [-0.1, -0.05) is 18.2 Å². The lowest BCUT2D eigenvalue weighted by molar-refractivity contribution is 0.577. The van der Waals surface area contributed by atoms with E-state index in [1.54, 1.807) is 12.1 Å². The molecule has 1 rings (SSSR count). The molecule has 0 saturated carbocycles. The molecular weight excluding hydrogens is 228 g/mol. The van der Waals surface area contributed by atoms with Gasteiger partial charge in [-0.2, -0.15) is 0 Å². The summed E-state index contributed by atoms with van der Waals surface area (Å²) in [6.45, 7) is 5.15. The zero-order valence-corrected chi connectivity index (χ0v) is 10.4. The Morgan fingerprint density at radius 2 is 1.94 bits per heavy atom. The highest BCUT2D eigenvalue weighted by Crippen LogP contribution is 2.25. The third-order valence-electron chi connectivity index (χ3n) is 1.74. The SMILES string of the molecule is CC(C)(C)SN=C(CF)c1ccccc1F. The first-order valence-corrected chi connectivity index (χ1v) is 5.77. The van der Waals surface area contributed by atoms with Crippen molar-refractivity contribution >= 4 is 17.7 Å². The van der Waals surface area contributed by atoms with Crippen molar-refractivity contribution in [3.05, 3.63) is 35.6 Å². The van der Waals surface area contributed by atoms with E-state index >= 15 is 0 Å². The first-order valence-electron chi connectivity index (χ1n) is 5.00. The highest BCUT2D eigenvalue weighted by Gasteiger charge is 2.13. The van der Waals surface area contributed by atoms with E-state index in [2.05, 4.69) is 4.40 Å². The molecule has 0 aromatic heterocycles. The van der Waals surface area contributed by atoms with Gasteiger partial charge in [0.15, 0.2) is 0 Å². The summed E-state index contributed by atoms with van der Waals surface area (Å²) in [5.74, 6) is -0.437. The fourth-order valence-corrected chi connectivity index (χ4v) is 1.56. The van der Waals surface area contributed by atoms with Gasteiger partial charge in [0.05, 0.1) is 5.71 Å². The van der Waals surface area contributed by atoms with Crippen LogP contribution in [0.2, 0.25) is 0 Å². The summed E-state index contributed by atoms with van der Waals surface area (Å²) in [4.78, 5) is 0. The molecule has 16 heavy (non-hydrogen) atoms. The Morgan fingerprint density at radius 1 is 1.31 bits per heavy atom. The van der Waals surface area contributed by atoms with E-state index in [-0.39, 0.29) is 16.0 Å². The second-order valence-electron chi connectivity index (χ2n) is 4.36. The van der Waals surface area contributed by atoms with Crippen LogP contribution in [-0.4, -0.2) is 17.1 Å². The van der Waals surface area contributed by atoms with Gasteiger partial charge in [0.1, 0.15) is 12.5 Å². The van der Waals surface area contributed by atoms with Crippen LogP contribution in [0.1, 0.15) is 26.3 Å². The quantitative estimate of drug-likeness (QED) is 0.576. The van der Waals surface area contributed by atoms with Crippen molar-refractivity contribution in [2.75, 3.05) is 6.67 Å². The normalized spacial score (nSPS) is 12.9. The molecule has 0 amide bonds. The van der Waals surface area contributed by atoms with Crippen LogP contribution in [0.25, 0.3) is 0 Å². The van der Waals surface area contributed by atoms with Crippen molar-refractivity contribution in [2.45, 2.75) is 25.5 Å². The van der Waals surface area contributed by atoms with Gasteiger partial charge in [-0.05, 0) is 38.8 Å². The smallest absolute Gasteiger partial charge is 0.133 e. The Labute approximate surface area is 99.1 Å². The molecule has 0 radical (unpaired) electrons. The maximum absolute atomic E-state index is 13.4. The molecule has 0 spiro atoms. The van der Waals surface area contributed by atoms with Gasteiger partial charge in [0.25, 0.3) is 0 Å². The van der Waals surface area contributed by atoms with Crippen molar-refractivity contribution in [1.82, 2.24) is 0 Å². The minimum absolute atomic E-state index is 0.105. The van der Waals surface area contributed by atoms with E-state index in [1.807, 2.05) is 20.8 Å². The van der Waals surface area contributed by atoms with Crippen molar-refractivity contribution in [1.29, 1.82) is 0 Å². The fourth-order valence-electron chi connectivity index (χ4n) is 1.03. The van der Waals surface area contributed by atoms with Crippen LogP contribution in [0.15, 0.2) is 28.7 Å². The lowest BCUT2D eigenvalue weighted by Gasteiger charge is -2.14. The molecule has 0 aliphatic heterocycles. The van der Waals surface area contributed by atoms with Gasteiger partial charge in [-0.3, -0.25) is 0 Å². The Balaban J connectivity index is 2.95. The molecule has 1 aromatic carbocycles. The molecule has 0 heterocycles. The average Bonchev–Trinajstić information content (AvgIpc) is 2.20. The topological polar surface area (TPSA) is 12.4 Å². The molecule has 0 bridgehead atoms. The lowest BCUT2D eigenvalue weighted by atomic mass is 10.1. The number of benzene rings is 1. The monoisotopic (exact) mass is 243 g/mol. The predicted octanol–water partition coefficient (Wildman–Crippen LogP) is 4.03. The molecule has 0 atom stereocenters. The number of halogens is 2. The van der Waals surface area contributed by atoms with Crippen LogP contribution < -0.4 is 0 Å². The molecular formula is C12H15F2NS. The minimum Gasteiger partial charge on any atom is -0.244 e. The molecule has 4 heteroatoms. The second kappa shape index (κ2) is 5.43. The third-order valence-corrected chi connectivity index (χ3v) is 2.60. The minimum atomic E-state index is -0.760. The van der Waals surface area contributed by atoms with Crippen LogP contribution in [-0.2, 0) is 0 Å². The summed E-state index contributed by atoms with van der Waals surface area (Å²) in [5, 5.41) is 0. The summed E-state index contributed by atoms with van der Waals surface area (Å²) >= 11 is 1.25. The lowest BCUT2D eigenvalue weighted by Crippen LogP contribution is -2.09. The Kier molecular flexibility index (Phi) is 4.47. The van der Waals surface area contributed by atoms with Crippen LogP contribution in [0.3, 0.4) is 0 Å². The zero-order valence-electron chi connectivity index (χ0n) is 9.63. The molecule has 1 nitrogen and oxygen atoms in total. The van der Waals surface area contributed by atoms with E-state index in [4.69, 9.17) is 0 Å². The summed E-state index contributed by atoms with van der Waals surface area (Å²) < 4.78 is 30.1. The fraction of sp³-hybridized carbons (Fsp3) is 0.417. The van der Waals surface area contributed by atoms with Gasteiger partial charge >= 0.3 is 0 Å². The Hall–Kier alpha value is -0.900. The highest BCUT2D eigenvalue weighted by molar-refractivity contribution is 7.99. The largest absolute Gasteiger partial charge is 0.244 e. The van der Waals surface area contributed by atoms with E-state index in [9.17, 15) is 8.78 Å². The van der Waals surface area contributed by atoms with Gasteiger partial charge < -0.3 is 0 Å². The number of rotatable bonds is 3. The Bertz CT molecular complexity index is 383. The summed E-state index contributed by atoms with van der Waals surface area (Å²) in [5.41, 5.74) is 0.389. The zero-order chi connectivity index (χ0) is 12.2. The van der Waals surface area contributed by atoms with Crippen LogP contribution in [0.4, 0.5) is 8.78 Å². The van der Waals surface area contributed by atoms with Gasteiger partial charge in [-0.25, -0.2) is 13.2 Å². The summed E-state index contributed by atoms with van der Waals surface area (Å²) in [6.07, 6.45) is 0. The van der Waals surface area contributed by atoms with E-state index in [0.29, 0.717) is 0 Å². The van der Waals surface area contributed by atoms with Crippen LogP contribution >= 0.6 is 11.9 Å². The first kappa shape index (κ1) is 13.2. The maximum Gasteiger partial charge on any atom is 0.133 e. The molecule has 0 N–H and O–H groups in total. The van der Waals surface area contributed by atoms with Crippen molar-refractivity contribution < 1.29 is 8.78 Å². The van der Waals surface area contributed by atoms with E-state index in [1.165, 1.54) is 24.1 Å². The third kappa shape index (κ3) is 3.93. The van der Waals surface area contributed by atoms with E-state index in [0.717, 1.165) is 0 Å². The summed E-state index contributed by atoms with van der Waals surface area (Å²) in [6, 6.07) is 6.09. The van der Waals surface area contributed by atoms with Crippen LogP contribution in [0, 0.1) is 5.82 Å². The van der Waals surface area contributed by atoms with Crippen molar-refractivity contribution in [3.63, 3.8) is 0 Å². The highest BCUT2D eigenvalue weighted by atomic mass is 32.2. The molecule has 0 aliphatic carbocycles. The molecule has 1 aromatic rings. The first-order chi connectivity index (χ1) is 7.44. The Morgan fingerprint density at radius 3 is 2.44 bits per heavy atom. The average molecular weight is 243 g/mol. The summed E-state index contributed by atoms with van der Waals surface area (Å²) in [7, 11) is 0. The standard InChI is InChI=1S/C12H15F2NS/c1-12(2,3)16-15-11(8-13)9-6-4-5-7-10(9)14/h4-7H,8H2,1-3H3. The van der Waals surface area contributed by atoms with Gasteiger partial charge in [-0.15, -0.1) is 0 Å².